The van der Waals surface area contributed by atoms with E-state index in [2.05, 4.69) is 4.99 Å². The minimum absolute atomic E-state index is 0.105. The molecule has 1 aliphatic rings. The number of thiazole rings is 1. The Morgan fingerprint density at radius 2 is 1.98 bits per heavy atom. The van der Waals surface area contributed by atoms with E-state index in [1.807, 2.05) is 18.2 Å². The Balaban J connectivity index is 1.64. The summed E-state index contributed by atoms with van der Waals surface area (Å²) in [4.78, 5) is 43.2. The van der Waals surface area contributed by atoms with E-state index in [1.165, 1.54) is 29.1 Å². The maximum absolute atomic E-state index is 13.8. The summed E-state index contributed by atoms with van der Waals surface area (Å²) in [7, 11) is 1.53. The van der Waals surface area contributed by atoms with Gasteiger partial charge in [0.15, 0.2) is 4.80 Å². The number of para-hydroxylation sites is 1. The van der Waals surface area contributed by atoms with Crippen molar-refractivity contribution in [2.45, 2.75) is 26.8 Å². The Labute approximate surface area is 232 Å². The number of furan rings is 1. The monoisotopic (exact) mass is 560 g/mol. The highest BCUT2D eigenvalue weighted by Gasteiger charge is 2.35. The molecular weight excluding hydrogens is 534 g/mol. The van der Waals surface area contributed by atoms with Gasteiger partial charge in [0.25, 0.3) is 10.5 Å². The Bertz CT molecular complexity index is 1860. The number of hydrogen-bond donors (Lipinski definition) is 1. The van der Waals surface area contributed by atoms with Crippen molar-refractivity contribution in [3.05, 3.63) is 107 Å². The van der Waals surface area contributed by atoms with Gasteiger partial charge in [-0.1, -0.05) is 41.7 Å². The SMILES string of the molecule is CCOC(=O)C1=C(C)N=c2s/c(=C/c3ccc(-c4ccc(C)c([N+](=O)O)c4)o3)c(=O)n2C1c1ccccc1OC. The molecule has 0 spiro atoms. The zero-order chi connectivity index (χ0) is 28.6. The number of aromatic nitrogens is 1. The fourth-order valence-corrected chi connectivity index (χ4v) is 5.69. The molecule has 2 aromatic heterocycles. The van der Waals surface area contributed by atoms with Crippen LogP contribution in [0.2, 0.25) is 0 Å². The lowest BCUT2D eigenvalue weighted by molar-refractivity contribution is -0.730. The van der Waals surface area contributed by atoms with Crippen molar-refractivity contribution in [2.75, 3.05) is 13.7 Å². The molecule has 2 aromatic carbocycles. The van der Waals surface area contributed by atoms with Crippen LogP contribution in [0.1, 0.15) is 36.8 Å². The van der Waals surface area contributed by atoms with E-state index in [1.54, 1.807) is 57.2 Å². The van der Waals surface area contributed by atoms with Crippen LogP contribution in [0.3, 0.4) is 0 Å². The first-order valence-electron chi connectivity index (χ1n) is 12.4. The molecular formula is C29H26N3O7S+. The highest BCUT2D eigenvalue weighted by Crippen LogP contribution is 2.35. The van der Waals surface area contributed by atoms with Crippen LogP contribution in [0.15, 0.2) is 80.1 Å². The van der Waals surface area contributed by atoms with E-state index in [9.17, 15) is 19.7 Å². The first-order chi connectivity index (χ1) is 19.2. The van der Waals surface area contributed by atoms with Crippen LogP contribution in [0.25, 0.3) is 17.4 Å². The third-order valence-corrected chi connectivity index (χ3v) is 7.53. The van der Waals surface area contributed by atoms with Crippen molar-refractivity contribution in [2.24, 2.45) is 4.99 Å². The van der Waals surface area contributed by atoms with Crippen molar-refractivity contribution in [1.29, 1.82) is 0 Å². The molecule has 1 aliphatic heterocycles. The van der Waals surface area contributed by atoms with Gasteiger partial charge in [0.1, 0.15) is 23.3 Å². The number of benzene rings is 2. The molecule has 10 nitrogen and oxygen atoms in total. The van der Waals surface area contributed by atoms with Gasteiger partial charge in [0.05, 0.1) is 34.4 Å². The molecule has 5 rings (SSSR count). The van der Waals surface area contributed by atoms with E-state index in [4.69, 9.17) is 13.9 Å². The predicted molar refractivity (Wildman–Crippen MR) is 147 cm³/mol. The summed E-state index contributed by atoms with van der Waals surface area (Å²) in [5.41, 5.74) is 2.28. The number of fused-ring (bicyclic) bond motifs is 1. The molecule has 0 saturated carbocycles. The van der Waals surface area contributed by atoms with E-state index >= 15 is 0 Å². The Kier molecular flexibility index (Phi) is 7.22. The number of aryl methyl sites for hydroxylation is 1. The minimum Gasteiger partial charge on any atom is -0.496 e. The Morgan fingerprint density at radius 1 is 1.20 bits per heavy atom. The number of carbonyl (C=O) groups excluding carboxylic acids is 1. The number of hydrogen-bond acceptors (Lipinski definition) is 8. The van der Waals surface area contributed by atoms with Crippen LogP contribution < -0.4 is 19.6 Å². The summed E-state index contributed by atoms with van der Waals surface area (Å²) in [5.74, 6) is 0.822. The van der Waals surface area contributed by atoms with Gasteiger partial charge in [-0.15, -0.1) is 0 Å². The maximum atomic E-state index is 13.8. The molecule has 0 aliphatic carbocycles. The van der Waals surface area contributed by atoms with Crippen LogP contribution in [0.5, 0.6) is 5.75 Å². The topological polar surface area (TPSA) is 123 Å². The predicted octanol–water partition coefficient (Wildman–Crippen LogP) is 4.17. The van der Waals surface area contributed by atoms with Gasteiger partial charge in [0.2, 0.25) is 0 Å². The molecule has 3 heterocycles. The van der Waals surface area contributed by atoms with Crippen LogP contribution in [0.4, 0.5) is 5.69 Å². The molecule has 0 bridgehead atoms. The first-order valence-corrected chi connectivity index (χ1v) is 13.2. The maximum Gasteiger partial charge on any atom is 0.338 e. The summed E-state index contributed by atoms with van der Waals surface area (Å²) >= 11 is 1.17. The Hall–Kier alpha value is -4.77. The second-order valence-electron chi connectivity index (χ2n) is 9.02. The number of methoxy groups -OCH3 is 1. The molecule has 1 N–H and O–H groups in total. The van der Waals surface area contributed by atoms with Crippen molar-refractivity contribution in [3.63, 3.8) is 0 Å². The molecule has 1 atom stereocenters. The van der Waals surface area contributed by atoms with Gasteiger partial charge in [-0.2, -0.15) is 0 Å². The number of allylic oxidation sites excluding steroid dienone is 1. The molecule has 4 aromatic rings. The van der Waals surface area contributed by atoms with Crippen molar-refractivity contribution < 1.29 is 28.8 Å². The van der Waals surface area contributed by atoms with Gasteiger partial charge in [-0.3, -0.25) is 9.36 Å². The lowest BCUT2D eigenvalue weighted by Gasteiger charge is -2.25. The van der Waals surface area contributed by atoms with Gasteiger partial charge < -0.3 is 13.9 Å². The van der Waals surface area contributed by atoms with E-state index in [0.717, 1.165) is 0 Å². The summed E-state index contributed by atoms with van der Waals surface area (Å²) in [6, 6.07) is 14.8. The van der Waals surface area contributed by atoms with Gasteiger partial charge in [-0.05, 0) is 39.0 Å². The van der Waals surface area contributed by atoms with E-state index < -0.39 is 12.0 Å². The first kappa shape index (κ1) is 26.8. The molecule has 0 radical (unpaired) electrons. The molecule has 0 fully saturated rings. The number of rotatable bonds is 7. The zero-order valence-electron chi connectivity index (χ0n) is 22.2. The third kappa shape index (κ3) is 4.75. The zero-order valence-corrected chi connectivity index (χ0v) is 23.0. The highest BCUT2D eigenvalue weighted by atomic mass is 32.1. The molecule has 0 saturated heterocycles. The van der Waals surface area contributed by atoms with Gasteiger partial charge in [0, 0.05) is 28.8 Å². The second kappa shape index (κ2) is 10.8. The number of carbonyl (C=O) groups is 1. The van der Waals surface area contributed by atoms with Crippen LogP contribution in [-0.2, 0) is 9.53 Å². The number of nitrogens with zero attached hydrogens (tertiary/aromatic N) is 3. The van der Waals surface area contributed by atoms with Gasteiger partial charge >= 0.3 is 11.7 Å². The molecule has 0 amide bonds. The van der Waals surface area contributed by atoms with E-state index in [0.29, 0.717) is 49.0 Å². The Morgan fingerprint density at radius 3 is 2.70 bits per heavy atom. The lowest BCUT2D eigenvalue weighted by Crippen LogP contribution is -2.40. The normalized spacial score (nSPS) is 15.0. The summed E-state index contributed by atoms with van der Waals surface area (Å²) in [6.07, 6.45) is 1.61. The average molecular weight is 561 g/mol. The summed E-state index contributed by atoms with van der Waals surface area (Å²) < 4.78 is 18.7. The van der Waals surface area contributed by atoms with Crippen molar-refractivity contribution in [1.82, 2.24) is 4.57 Å². The fourth-order valence-electron chi connectivity index (χ4n) is 4.66. The van der Waals surface area contributed by atoms with Crippen LogP contribution in [0, 0.1) is 11.8 Å². The second-order valence-corrected chi connectivity index (χ2v) is 10.0. The lowest BCUT2D eigenvalue weighted by atomic mass is 9.95. The summed E-state index contributed by atoms with van der Waals surface area (Å²) in [5, 5.41) is 9.38. The molecule has 11 heteroatoms. The quantitative estimate of drug-likeness (QED) is 0.266. The van der Waals surface area contributed by atoms with Crippen molar-refractivity contribution in [3.8, 4) is 17.1 Å². The summed E-state index contributed by atoms with van der Waals surface area (Å²) in [6.45, 7) is 5.32. The third-order valence-electron chi connectivity index (χ3n) is 6.55. The minimum atomic E-state index is -0.805. The van der Waals surface area contributed by atoms with Crippen molar-refractivity contribution >= 4 is 29.1 Å². The number of esters is 1. The number of ether oxygens (including phenoxy) is 2. The molecule has 1 unspecified atom stereocenters. The highest BCUT2D eigenvalue weighted by molar-refractivity contribution is 7.07. The van der Waals surface area contributed by atoms with E-state index in [-0.39, 0.29) is 28.3 Å². The fraction of sp³-hybridized carbons (Fsp3) is 0.207. The smallest absolute Gasteiger partial charge is 0.338 e. The average Bonchev–Trinajstić information content (AvgIpc) is 3.52. The van der Waals surface area contributed by atoms with Crippen LogP contribution in [-0.4, -0.2) is 34.4 Å². The molecule has 40 heavy (non-hydrogen) atoms. The van der Waals surface area contributed by atoms with Gasteiger partial charge in [-0.25, -0.2) is 15.0 Å². The molecule has 204 valence electrons. The standard InChI is InChI=1S/C29H26N3O7S/c1-5-38-28(34)25-17(3)30-29-31(26(25)20-8-6-7-9-23(20)37-4)27(33)24(40-29)15-19-12-13-22(39-19)18-11-10-16(2)21(14-18)32(35)36/h6-15,26H,5H2,1-4H3,(H,35,36)/q+1/b24-15+. The van der Waals surface area contributed by atoms with Crippen LogP contribution >= 0.6 is 11.3 Å². The largest absolute Gasteiger partial charge is 0.496 e.